The van der Waals surface area contributed by atoms with Crippen molar-refractivity contribution in [1.29, 1.82) is 0 Å². The van der Waals surface area contributed by atoms with Gasteiger partial charge in [0, 0.05) is 12.1 Å². The predicted octanol–water partition coefficient (Wildman–Crippen LogP) is 3.81. The molecule has 0 aliphatic rings. The highest BCUT2D eigenvalue weighted by molar-refractivity contribution is 7.92. The van der Waals surface area contributed by atoms with Gasteiger partial charge in [-0.3, -0.25) is 25.0 Å². The fourth-order valence-electron chi connectivity index (χ4n) is 2.86. The molecule has 0 bridgehead atoms. The fourth-order valence-corrected chi connectivity index (χ4v) is 4.07. The zero-order valence-corrected chi connectivity index (χ0v) is 17.9. The summed E-state index contributed by atoms with van der Waals surface area (Å²) in [5, 5.41) is 22.5. The van der Waals surface area contributed by atoms with E-state index in [1.807, 2.05) is 6.07 Å². The first-order valence-corrected chi connectivity index (χ1v) is 10.5. The van der Waals surface area contributed by atoms with Gasteiger partial charge in [0.2, 0.25) is 0 Å². The lowest BCUT2D eigenvalue weighted by Gasteiger charge is -2.14. The van der Waals surface area contributed by atoms with Crippen molar-refractivity contribution in [2.24, 2.45) is 0 Å². The van der Waals surface area contributed by atoms with Gasteiger partial charge in [0.25, 0.3) is 21.4 Å². The Morgan fingerprint density at radius 3 is 1.88 bits per heavy atom. The van der Waals surface area contributed by atoms with E-state index in [0.717, 1.165) is 12.1 Å². The summed E-state index contributed by atoms with van der Waals surface area (Å²) in [7, 11) is -4.44. The summed E-state index contributed by atoms with van der Waals surface area (Å²) in [5.74, 6) is 0.485. The van der Waals surface area contributed by atoms with Crippen LogP contribution in [-0.4, -0.2) is 28.2 Å². The Hall–Kier alpha value is -4.13. The summed E-state index contributed by atoms with van der Waals surface area (Å²) >= 11 is 0. The van der Waals surface area contributed by atoms with E-state index in [1.165, 1.54) is 20.8 Å². The van der Waals surface area contributed by atoms with E-state index in [4.69, 9.17) is 4.74 Å². The van der Waals surface area contributed by atoms with Crippen LogP contribution in [0.15, 0.2) is 47.4 Å². The van der Waals surface area contributed by atoms with Crippen molar-refractivity contribution in [2.45, 2.75) is 25.7 Å². The van der Waals surface area contributed by atoms with E-state index < -0.39 is 36.1 Å². The molecule has 0 amide bonds. The number of nitrogens with zero attached hydrogens (tertiary/aromatic N) is 4. The van der Waals surface area contributed by atoms with Gasteiger partial charge >= 0.3 is 6.01 Å². The molecular formula is C19H17N5O7S. The lowest BCUT2D eigenvalue weighted by atomic mass is 10.1. The molecule has 0 atom stereocenters. The standard InChI is InChI=1S/C19H17N5O7S/c1-11-16(23(25)26)9-15(10-17(11)24(27)28)32(29,30)22-18-12(2)20-19(21-13(18)3)31-14-7-5-4-6-8-14/h4-10,22H,1-3H3. The van der Waals surface area contributed by atoms with E-state index >= 15 is 0 Å². The van der Waals surface area contributed by atoms with Crippen molar-refractivity contribution in [3.8, 4) is 11.8 Å². The van der Waals surface area contributed by atoms with Crippen LogP contribution in [0.2, 0.25) is 0 Å². The molecule has 0 saturated heterocycles. The molecule has 0 aliphatic heterocycles. The molecule has 1 heterocycles. The van der Waals surface area contributed by atoms with Crippen molar-refractivity contribution in [3.63, 3.8) is 0 Å². The smallest absolute Gasteiger partial charge is 0.322 e. The third-order valence-corrected chi connectivity index (χ3v) is 5.80. The van der Waals surface area contributed by atoms with E-state index in [-0.39, 0.29) is 28.6 Å². The molecule has 2 aromatic carbocycles. The van der Waals surface area contributed by atoms with Gasteiger partial charge < -0.3 is 4.74 Å². The number of hydrogen-bond donors (Lipinski definition) is 1. The number of nitro benzene ring substituents is 2. The number of aryl methyl sites for hydroxylation is 2. The molecule has 32 heavy (non-hydrogen) atoms. The third-order valence-electron chi connectivity index (χ3n) is 4.47. The van der Waals surface area contributed by atoms with E-state index in [2.05, 4.69) is 14.7 Å². The zero-order valence-electron chi connectivity index (χ0n) is 17.1. The van der Waals surface area contributed by atoms with Crippen molar-refractivity contribution < 1.29 is 23.0 Å². The number of nitro groups is 2. The Morgan fingerprint density at radius 1 is 0.906 bits per heavy atom. The summed E-state index contributed by atoms with van der Waals surface area (Å²) in [6.45, 7) is 4.21. The fraction of sp³-hybridized carbons (Fsp3) is 0.158. The Morgan fingerprint density at radius 2 is 1.41 bits per heavy atom. The van der Waals surface area contributed by atoms with Crippen LogP contribution in [0, 0.1) is 41.0 Å². The van der Waals surface area contributed by atoms with Crippen LogP contribution in [0.5, 0.6) is 11.8 Å². The van der Waals surface area contributed by atoms with Crippen molar-refractivity contribution >= 4 is 27.1 Å². The third kappa shape index (κ3) is 4.62. The van der Waals surface area contributed by atoms with Gasteiger partial charge in [0.05, 0.1) is 26.9 Å². The predicted molar refractivity (Wildman–Crippen MR) is 113 cm³/mol. The van der Waals surface area contributed by atoms with Crippen molar-refractivity contribution in [1.82, 2.24) is 9.97 Å². The molecule has 13 heteroatoms. The molecule has 0 unspecified atom stereocenters. The summed E-state index contributed by atoms with van der Waals surface area (Å²) in [5.41, 5.74) is -1.15. The Labute approximate surface area is 182 Å². The van der Waals surface area contributed by atoms with Crippen LogP contribution < -0.4 is 9.46 Å². The van der Waals surface area contributed by atoms with Crippen LogP contribution >= 0.6 is 0 Å². The highest BCUT2D eigenvalue weighted by Crippen LogP contribution is 2.33. The molecule has 0 radical (unpaired) electrons. The quantitative estimate of drug-likeness (QED) is 0.408. The minimum Gasteiger partial charge on any atom is -0.424 e. The maximum Gasteiger partial charge on any atom is 0.322 e. The van der Waals surface area contributed by atoms with Crippen LogP contribution in [0.1, 0.15) is 17.0 Å². The Bertz CT molecular complexity index is 1270. The average Bonchev–Trinajstić information content (AvgIpc) is 2.71. The highest BCUT2D eigenvalue weighted by atomic mass is 32.2. The van der Waals surface area contributed by atoms with Crippen LogP contribution in [0.4, 0.5) is 17.1 Å². The van der Waals surface area contributed by atoms with E-state index in [1.54, 1.807) is 24.3 Å². The number of hydrogen-bond acceptors (Lipinski definition) is 9. The summed E-state index contributed by atoms with van der Waals surface area (Å²) in [4.78, 5) is 28.4. The number of nitrogens with one attached hydrogen (secondary N) is 1. The zero-order chi connectivity index (χ0) is 23.6. The monoisotopic (exact) mass is 459 g/mol. The van der Waals surface area contributed by atoms with Gasteiger partial charge in [-0.15, -0.1) is 0 Å². The van der Waals surface area contributed by atoms with E-state index in [9.17, 15) is 28.6 Å². The van der Waals surface area contributed by atoms with Crippen LogP contribution in [-0.2, 0) is 10.0 Å². The molecule has 3 rings (SSSR count). The molecular weight excluding hydrogens is 442 g/mol. The molecule has 166 valence electrons. The van der Waals surface area contributed by atoms with Crippen molar-refractivity contribution in [2.75, 3.05) is 4.72 Å². The SMILES string of the molecule is Cc1nc(Oc2ccccc2)nc(C)c1NS(=O)(=O)c1cc([N+](=O)[O-])c(C)c([N+](=O)[O-])c1. The maximum absolute atomic E-state index is 12.9. The minimum absolute atomic E-state index is 0.00393. The Kier molecular flexibility index (Phi) is 6.02. The first kappa shape index (κ1) is 22.6. The first-order chi connectivity index (χ1) is 15.0. The molecule has 0 aliphatic carbocycles. The molecule has 3 aromatic rings. The van der Waals surface area contributed by atoms with E-state index in [0.29, 0.717) is 5.75 Å². The summed E-state index contributed by atoms with van der Waals surface area (Å²) < 4.78 is 33.6. The molecule has 1 aromatic heterocycles. The lowest BCUT2D eigenvalue weighted by Crippen LogP contribution is -2.17. The van der Waals surface area contributed by atoms with Gasteiger partial charge in [-0.25, -0.2) is 8.42 Å². The van der Waals surface area contributed by atoms with Crippen LogP contribution in [0.3, 0.4) is 0 Å². The number of aromatic nitrogens is 2. The van der Waals surface area contributed by atoms with Gasteiger partial charge in [-0.2, -0.15) is 9.97 Å². The van der Waals surface area contributed by atoms with Gasteiger partial charge in [0.1, 0.15) is 16.2 Å². The number of rotatable bonds is 7. The molecule has 1 N–H and O–H groups in total. The number of sulfonamides is 1. The molecule has 0 saturated carbocycles. The second kappa shape index (κ2) is 8.55. The van der Waals surface area contributed by atoms with Crippen molar-refractivity contribution in [3.05, 3.63) is 79.6 Å². The summed E-state index contributed by atoms with van der Waals surface area (Å²) in [6.07, 6.45) is 0. The normalized spacial score (nSPS) is 11.1. The number of ether oxygens (including phenoxy) is 1. The Balaban J connectivity index is 1.99. The van der Waals surface area contributed by atoms with Gasteiger partial charge in [-0.1, -0.05) is 18.2 Å². The molecule has 0 spiro atoms. The first-order valence-electron chi connectivity index (χ1n) is 9.04. The van der Waals surface area contributed by atoms with Gasteiger partial charge in [0.15, 0.2) is 0 Å². The number of para-hydroxylation sites is 1. The van der Waals surface area contributed by atoms with Crippen LogP contribution in [0.25, 0.3) is 0 Å². The second-order valence-corrected chi connectivity index (χ2v) is 8.36. The second-order valence-electron chi connectivity index (χ2n) is 6.67. The highest BCUT2D eigenvalue weighted by Gasteiger charge is 2.29. The summed E-state index contributed by atoms with van der Waals surface area (Å²) in [6, 6.07) is 10.3. The lowest BCUT2D eigenvalue weighted by molar-refractivity contribution is -0.395. The maximum atomic E-state index is 12.9. The minimum atomic E-state index is -4.44. The largest absolute Gasteiger partial charge is 0.424 e. The molecule has 0 fully saturated rings. The number of benzene rings is 2. The number of anilines is 1. The van der Waals surface area contributed by atoms with Gasteiger partial charge in [-0.05, 0) is 32.9 Å². The molecule has 12 nitrogen and oxygen atoms in total. The average molecular weight is 459 g/mol. The topological polar surface area (TPSA) is 167 Å².